The fraction of sp³-hybridized carbons (Fsp3) is 0.350. The summed E-state index contributed by atoms with van der Waals surface area (Å²) in [5, 5.41) is 4.12. The number of nitrogens with zero attached hydrogens (tertiary/aromatic N) is 2. The van der Waals surface area contributed by atoms with Gasteiger partial charge in [-0.05, 0) is 38.1 Å². The molecule has 0 radical (unpaired) electrons. The van der Waals surface area contributed by atoms with Crippen LogP contribution in [0.3, 0.4) is 0 Å². The number of hydrogen-bond donors (Lipinski definition) is 1. The molecule has 25 heavy (non-hydrogen) atoms. The van der Waals surface area contributed by atoms with E-state index in [4.69, 9.17) is 4.42 Å². The molecule has 1 N–H and O–H groups in total. The van der Waals surface area contributed by atoms with E-state index in [1.165, 1.54) is 5.69 Å². The van der Waals surface area contributed by atoms with E-state index < -0.39 is 0 Å². The molecule has 0 aliphatic carbocycles. The first kappa shape index (κ1) is 16.0. The lowest BCUT2D eigenvalue weighted by Gasteiger charge is -2.34. The molecule has 2 atom stereocenters. The average molecular weight is 337 g/mol. The van der Waals surface area contributed by atoms with Gasteiger partial charge in [-0.2, -0.15) is 0 Å². The Labute approximate surface area is 147 Å². The first-order valence-electron chi connectivity index (χ1n) is 8.79. The van der Waals surface area contributed by atoms with Crippen molar-refractivity contribution in [3.05, 3.63) is 60.1 Å². The molecule has 1 aliphatic rings. The van der Waals surface area contributed by atoms with Crippen LogP contribution < -0.4 is 5.32 Å². The molecule has 5 nitrogen and oxygen atoms in total. The summed E-state index contributed by atoms with van der Waals surface area (Å²) in [7, 11) is 0. The van der Waals surface area contributed by atoms with Gasteiger partial charge in [-0.1, -0.05) is 18.2 Å². The summed E-state index contributed by atoms with van der Waals surface area (Å²) < 4.78 is 8.11. The Kier molecular flexibility index (Phi) is 4.09. The van der Waals surface area contributed by atoms with Gasteiger partial charge in [0.2, 0.25) is 5.91 Å². The van der Waals surface area contributed by atoms with Gasteiger partial charge in [0.1, 0.15) is 11.3 Å². The predicted molar refractivity (Wildman–Crippen MR) is 97.2 cm³/mol. The van der Waals surface area contributed by atoms with Crippen LogP contribution in [-0.2, 0) is 11.3 Å². The van der Waals surface area contributed by atoms with E-state index in [0.717, 1.165) is 29.8 Å². The number of amides is 1. The van der Waals surface area contributed by atoms with Crippen molar-refractivity contribution in [3.63, 3.8) is 0 Å². The molecular formula is C20H23N3O2. The SMILES string of the molecule is CC(NC(=O)CN1CCn2cccc2C1C)c1cc2ccccc2o1. The minimum Gasteiger partial charge on any atom is -0.459 e. The molecule has 3 aromatic rings. The van der Waals surface area contributed by atoms with Crippen molar-refractivity contribution in [1.82, 2.24) is 14.8 Å². The second-order valence-electron chi connectivity index (χ2n) is 6.75. The Morgan fingerprint density at radius 2 is 2.12 bits per heavy atom. The van der Waals surface area contributed by atoms with Gasteiger partial charge in [-0.25, -0.2) is 0 Å². The monoisotopic (exact) mass is 337 g/mol. The molecular weight excluding hydrogens is 314 g/mol. The van der Waals surface area contributed by atoms with E-state index in [1.807, 2.05) is 37.3 Å². The number of fused-ring (bicyclic) bond motifs is 2. The Bertz CT molecular complexity index is 862. The highest BCUT2D eigenvalue weighted by atomic mass is 16.3. The largest absolute Gasteiger partial charge is 0.459 e. The highest BCUT2D eigenvalue weighted by Crippen LogP contribution is 2.26. The van der Waals surface area contributed by atoms with Crippen LogP contribution in [0.15, 0.2) is 53.1 Å². The summed E-state index contributed by atoms with van der Waals surface area (Å²) in [6, 6.07) is 14.2. The number of carbonyl (C=O) groups excluding carboxylic acids is 1. The Hall–Kier alpha value is -2.53. The van der Waals surface area contributed by atoms with Crippen molar-refractivity contribution in [2.45, 2.75) is 32.5 Å². The van der Waals surface area contributed by atoms with Crippen molar-refractivity contribution in [2.24, 2.45) is 0 Å². The van der Waals surface area contributed by atoms with Gasteiger partial charge >= 0.3 is 0 Å². The molecule has 2 unspecified atom stereocenters. The number of benzene rings is 1. The van der Waals surface area contributed by atoms with E-state index in [2.05, 4.69) is 40.0 Å². The number of nitrogens with one attached hydrogen (secondary N) is 1. The van der Waals surface area contributed by atoms with Crippen LogP contribution in [0.5, 0.6) is 0 Å². The van der Waals surface area contributed by atoms with Crippen molar-refractivity contribution in [1.29, 1.82) is 0 Å². The molecule has 0 saturated heterocycles. The number of hydrogen-bond acceptors (Lipinski definition) is 3. The molecule has 5 heteroatoms. The third-order valence-corrected chi connectivity index (χ3v) is 5.06. The van der Waals surface area contributed by atoms with E-state index in [-0.39, 0.29) is 18.0 Å². The van der Waals surface area contributed by atoms with Gasteiger partial charge in [0.15, 0.2) is 0 Å². The summed E-state index contributed by atoms with van der Waals surface area (Å²) in [5.41, 5.74) is 2.12. The summed E-state index contributed by atoms with van der Waals surface area (Å²) in [6.07, 6.45) is 2.10. The van der Waals surface area contributed by atoms with Crippen molar-refractivity contribution in [2.75, 3.05) is 13.1 Å². The third-order valence-electron chi connectivity index (χ3n) is 5.06. The van der Waals surface area contributed by atoms with Crippen LogP contribution >= 0.6 is 0 Å². The lowest BCUT2D eigenvalue weighted by atomic mass is 10.1. The first-order valence-corrected chi connectivity index (χ1v) is 8.79. The van der Waals surface area contributed by atoms with Crippen molar-refractivity contribution >= 4 is 16.9 Å². The van der Waals surface area contributed by atoms with Gasteiger partial charge in [-0.15, -0.1) is 0 Å². The normalized spacial score (nSPS) is 18.9. The molecule has 1 aliphatic heterocycles. The third kappa shape index (κ3) is 3.07. The maximum atomic E-state index is 12.5. The van der Waals surface area contributed by atoms with Gasteiger partial charge in [0.05, 0.1) is 12.6 Å². The van der Waals surface area contributed by atoms with Gasteiger partial charge in [0.25, 0.3) is 0 Å². The number of para-hydroxylation sites is 1. The Morgan fingerprint density at radius 3 is 2.96 bits per heavy atom. The lowest BCUT2D eigenvalue weighted by Crippen LogP contribution is -2.43. The Morgan fingerprint density at radius 1 is 1.28 bits per heavy atom. The summed E-state index contributed by atoms with van der Waals surface area (Å²) >= 11 is 0. The smallest absolute Gasteiger partial charge is 0.234 e. The summed E-state index contributed by atoms with van der Waals surface area (Å²) in [6.45, 7) is 6.33. The zero-order chi connectivity index (χ0) is 17.4. The average Bonchev–Trinajstić information content (AvgIpc) is 3.24. The minimum absolute atomic E-state index is 0.0276. The van der Waals surface area contributed by atoms with Crippen molar-refractivity contribution < 1.29 is 9.21 Å². The van der Waals surface area contributed by atoms with Crippen LogP contribution in [-0.4, -0.2) is 28.5 Å². The quantitative estimate of drug-likeness (QED) is 0.793. The molecule has 0 saturated carbocycles. The fourth-order valence-electron chi connectivity index (χ4n) is 3.60. The molecule has 0 bridgehead atoms. The molecule has 0 spiro atoms. The minimum atomic E-state index is -0.149. The predicted octanol–water partition coefficient (Wildman–Crippen LogP) is 3.49. The molecule has 2 aromatic heterocycles. The van der Waals surface area contributed by atoms with Gasteiger partial charge in [-0.3, -0.25) is 9.69 Å². The zero-order valence-electron chi connectivity index (χ0n) is 14.6. The molecule has 130 valence electrons. The standard InChI is InChI=1S/C20H23N3O2/c1-14(19-12-16-6-3-4-8-18(16)25-19)21-20(24)13-23-11-10-22-9-5-7-17(22)15(23)2/h3-9,12,14-15H,10-11,13H2,1-2H3,(H,21,24). The highest BCUT2D eigenvalue weighted by Gasteiger charge is 2.25. The second-order valence-corrected chi connectivity index (χ2v) is 6.75. The van der Waals surface area contributed by atoms with Gasteiger partial charge in [0, 0.05) is 36.4 Å². The second kappa shape index (κ2) is 6.41. The van der Waals surface area contributed by atoms with E-state index in [9.17, 15) is 4.79 Å². The van der Waals surface area contributed by atoms with Crippen LogP contribution in [0, 0.1) is 0 Å². The number of aromatic nitrogens is 1. The zero-order valence-corrected chi connectivity index (χ0v) is 14.6. The fourth-order valence-corrected chi connectivity index (χ4v) is 3.60. The molecule has 1 amide bonds. The topological polar surface area (TPSA) is 50.4 Å². The number of carbonyl (C=O) groups is 1. The first-order chi connectivity index (χ1) is 12.1. The number of furan rings is 1. The molecule has 4 rings (SSSR count). The van der Waals surface area contributed by atoms with E-state index in [1.54, 1.807) is 0 Å². The maximum Gasteiger partial charge on any atom is 0.234 e. The van der Waals surface area contributed by atoms with Crippen LogP contribution in [0.4, 0.5) is 0 Å². The summed E-state index contributed by atoms with van der Waals surface area (Å²) in [4.78, 5) is 14.7. The number of rotatable bonds is 4. The van der Waals surface area contributed by atoms with Crippen LogP contribution in [0.2, 0.25) is 0 Å². The maximum absolute atomic E-state index is 12.5. The molecule has 3 heterocycles. The van der Waals surface area contributed by atoms with Crippen molar-refractivity contribution in [3.8, 4) is 0 Å². The van der Waals surface area contributed by atoms with Gasteiger partial charge < -0.3 is 14.3 Å². The van der Waals surface area contributed by atoms with E-state index in [0.29, 0.717) is 6.54 Å². The van der Waals surface area contributed by atoms with Crippen LogP contribution in [0.1, 0.15) is 37.4 Å². The molecule has 1 aromatic carbocycles. The lowest BCUT2D eigenvalue weighted by molar-refractivity contribution is -0.123. The Balaban J connectivity index is 1.40. The van der Waals surface area contributed by atoms with E-state index >= 15 is 0 Å². The highest BCUT2D eigenvalue weighted by molar-refractivity contribution is 5.80. The van der Waals surface area contributed by atoms with Crippen LogP contribution in [0.25, 0.3) is 11.0 Å². The molecule has 0 fully saturated rings. The summed E-state index contributed by atoms with van der Waals surface area (Å²) in [5.74, 6) is 0.815.